The van der Waals surface area contributed by atoms with Gasteiger partial charge < -0.3 is 15.1 Å². The van der Waals surface area contributed by atoms with Crippen LogP contribution in [-0.2, 0) is 0 Å². The highest BCUT2D eigenvalue weighted by Crippen LogP contribution is 2.25. The summed E-state index contributed by atoms with van der Waals surface area (Å²) < 4.78 is 0. The van der Waals surface area contributed by atoms with Crippen LogP contribution in [0.1, 0.15) is 17.2 Å². The lowest BCUT2D eigenvalue weighted by Crippen LogP contribution is -2.50. The van der Waals surface area contributed by atoms with Crippen molar-refractivity contribution in [2.45, 2.75) is 13.0 Å². The average Bonchev–Trinajstić information content (AvgIpc) is 2.57. The Balaban J connectivity index is 1.78. The summed E-state index contributed by atoms with van der Waals surface area (Å²) in [5.74, 6) is 0. The van der Waals surface area contributed by atoms with Gasteiger partial charge in [-0.15, -0.1) is 0 Å². The minimum Gasteiger partial charge on any atom is -0.315 e. The smallest absolute Gasteiger partial charge is 0.315 e. The molecule has 1 unspecified atom stereocenters. The van der Waals surface area contributed by atoms with Crippen LogP contribution in [0.5, 0.6) is 0 Å². The van der Waals surface area contributed by atoms with E-state index >= 15 is 0 Å². The lowest BCUT2D eigenvalue weighted by Gasteiger charge is -2.40. The second-order valence-corrected chi connectivity index (χ2v) is 6.18. The third-order valence-corrected chi connectivity index (χ3v) is 4.33. The fourth-order valence-electron chi connectivity index (χ4n) is 2.96. The lowest BCUT2D eigenvalue weighted by atomic mass is 10.0. The Morgan fingerprint density at radius 1 is 1.04 bits per heavy atom. The van der Waals surface area contributed by atoms with Gasteiger partial charge in [0.05, 0.1) is 6.04 Å². The van der Waals surface area contributed by atoms with Gasteiger partial charge in [0.25, 0.3) is 0 Å². The molecule has 0 aromatic heterocycles. The molecule has 1 saturated heterocycles. The lowest BCUT2D eigenvalue weighted by molar-refractivity contribution is 0.117. The number of nitrogens with zero attached hydrogens (tertiary/aromatic N) is 2. The highest BCUT2D eigenvalue weighted by atomic mass is 16.2. The molecular weight excluding hydrogens is 286 g/mol. The van der Waals surface area contributed by atoms with E-state index in [1.165, 1.54) is 11.1 Å². The largest absolute Gasteiger partial charge is 0.322 e. The summed E-state index contributed by atoms with van der Waals surface area (Å²) in [7, 11) is 2.10. The topological polar surface area (TPSA) is 35.6 Å². The number of anilines is 1. The molecule has 1 atom stereocenters. The SMILES string of the molecule is Cc1ccc(NC(=O)N2CCN(C)CC2c2ccccc2)cc1. The number of rotatable bonds is 2. The van der Waals surface area contributed by atoms with Crippen LogP contribution in [0.15, 0.2) is 54.6 Å². The molecule has 23 heavy (non-hydrogen) atoms. The quantitative estimate of drug-likeness (QED) is 0.921. The first kappa shape index (κ1) is 15.6. The Morgan fingerprint density at radius 3 is 2.43 bits per heavy atom. The second-order valence-electron chi connectivity index (χ2n) is 6.18. The van der Waals surface area contributed by atoms with Crippen molar-refractivity contribution < 1.29 is 4.79 Å². The van der Waals surface area contributed by atoms with Crippen molar-refractivity contribution >= 4 is 11.7 Å². The molecule has 1 aliphatic rings. The molecule has 0 saturated carbocycles. The van der Waals surface area contributed by atoms with Gasteiger partial charge in [0.15, 0.2) is 0 Å². The van der Waals surface area contributed by atoms with Gasteiger partial charge in [0.2, 0.25) is 0 Å². The van der Waals surface area contributed by atoms with Crippen LogP contribution in [0, 0.1) is 6.92 Å². The van der Waals surface area contributed by atoms with Crippen molar-refractivity contribution in [3.63, 3.8) is 0 Å². The number of likely N-dealkylation sites (N-methyl/N-ethyl adjacent to an activating group) is 1. The van der Waals surface area contributed by atoms with Crippen molar-refractivity contribution in [2.24, 2.45) is 0 Å². The maximum Gasteiger partial charge on any atom is 0.322 e. The Morgan fingerprint density at radius 2 is 1.74 bits per heavy atom. The van der Waals surface area contributed by atoms with Crippen molar-refractivity contribution in [2.75, 3.05) is 32.0 Å². The first-order chi connectivity index (χ1) is 11.1. The predicted molar refractivity (Wildman–Crippen MR) is 93.6 cm³/mol. The fourth-order valence-corrected chi connectivity index (χ4v) is 2.96. The summed E-state index contributed by atoms with van der Waals surface area (Å²) in [5.41, 5.74) is 3.20. The number of amides is 2. The van der Waals surface area contributed by atoms with Crippen LogP contribution in [0.2, 0.25) is 0 Å². The molecule has 1 aliphatic heterocycles. The summed E-state index contributed by atoms with van der Waals surface area (Å²) in [5, 5.41) is 3.02. The van der Waals surface area contributed by atoms with E-state index in [-0.39, 0.29) is 12.1 Å². The van der Waals surface area contributed by atoms with Crippen LogP contribution < -0.4 is 5.32 Å². The van der Waals surface area contributed by atoms with Gasteiger partial charge >= 0.3 is 6.03 Å². The van der Waals surface area contributed by atoms with Gasteiger partial charge in [-0.05, 0) is 31.7 Å². The summed E-state index contributed by atoms with van der Waals surface area (Å²) in [6, 6.07) is 18.2. The number of hydrogen-bond donors (Lipinski definition) is 1. The average molecular weight is 309 g/mol. The van der Waals surface area contributed by atoms with Crippen molar-refractivity contribution in [3.8, 4) is 0 Å². The summed E-state index contributed by atoms with van der Waals surface area (Å²) in [4.78, 5) is 16.9. The van der Waals surface area contributed by atoms with Crippen LogP contribution >= 0.6 is 0 Å². The van der Waals surface area contributed by atoms with Gasteiger partial charge in [0.1, 0.15) is 0 Å². The maximum atomic E-state index is 12.7. The van der Waals surface area contributed by atoms with Gasteiger partial charge in [-0.1, -0.05) is 48.0 Å². The normalized spacial score (nSPS) is 18.7. The molecule has 3 rings (SSSR count). The monoisotopic (exact) mass is 309 g/mol. The molecule has 0 bridgehead atoms. The molecular formula is C19H23N3O. The molecule has 0 spiro atoms. The van der Waals surface area contributed by atoms with Crippen LogP contribution in [0.3, 0.4) is 0 Å². The highest BCUT2D eigenvalue weighted by molar-refractivity contribution is 5.89. The van der Waals surface area contributed by atoms with Crippen LogP contribution in [0.25, 0.3) is 0 Å². The van der Waals surface area contributed by atoms with Crippen molar-refractivity contribution in [1.82, 2.24) is 9.80 Å². The first-order valence-corrected chi connectivity index (χ1v) is 8.01. The third-order valence-electron chi connectivity index (χ3n) is 4.33. The minimum absolute atomic E-state index is 0.0317. The molecule has 1 N–H and O–H groups in total. The zero-order chi connectivity index (χ0) is 16.2. The molecule has 4 nitrogen and oxygen atoms in total. The van der Waals surface area contributed by atoms with E-state index in [2.05, 4.69) is 29.4 Å². The second kappa shape index (κ2) is 6.84. The zero-order valence-electron chi connectivity index (χ0n) is 13.7. The van der Waals surface area contributed by atoms with Gasteiger partial charge in [0, 0.05) is 25.3 Å². The van der Waals surface area contributed by atoms with Crippen LogP contribution in [-0.4, -0.2) is 42.5 Å². The highest BCUT2D eigenvalue weighted by Gasteiger charge is 2.30. The van der Waals surface area contributed by atoms with Crippen molar-refractivity contribution in [3.05, 3.63) is 65.7 Å². The predicted octanol–water partition coefficient (Wildman–Crippen LogP) is 3.52. The van der Waals surface area contributed by atoms with E-state index in [1.807, 2.05) is 54.3 Å². The Kier molecular flexibility index (Phi) is 4.63. The zero-order valence-corrected chi connectivity index (χ0v) is 13.7. The number of carbonyl (C=O) groups is 1. The maximum absolute atomic E-state index is 12.7. The van der Waals surface area contributed by atoms with E-state index in [0.717, 1.165) is 25.3 Å². The summed E-state index contributed by atoms with van der Waals surface area (Å²) in [6.07, 6.45) is 0. The standard InChI is InChI=1S/C19H23N3O/c1-15-8-10-17(11-9-15)20-19(23)22-13-12-21(2)14-18(22)16-6-4-3-5-7-16/h3-11,18H,12-14H2,1-2H3,(H,20,23). The van der Waals surface area contributed by atoms with Gasteiger partial charge in [-0.2, -0.15) is 0 Å². The van der Waals surface area contributed by atoms with E-state index in [1.54, 1.807) is 0 Å². The molecule has 1 fully saturated rings. The molecule has 2 amide bonds. The number of carbonyl (C=O) groups excluding carboxylic acids is 1. The van der Waals surface area contributed by atoms with Crippen LogP contribution in [0.4, 0.5) is 10.5 Å². The number of hydrogen-bond acceptors (Lipinski definition) is 2. The fraction of sp³-hybridized carbons (Fsp3) is 0.316. The number of aryl methyl sites for hydroxylation is 1. The number of piperazine rings is 1. The van der Waals surface area contributed by atoms with E-state index in [4.69, 9.17) is 0 Å². The Bertz CT molecular complexity index is 654. The molecule has 1 heterocycles. The summed E-state index contributed by atoms with van der Waals surface area (Å²) in [6.45, 7) is 4.52. The molecule has 0 aliphatic carbocycles. The molecule has 0 radical (unpaired) electrons. The molecule has 120 valence electrons. The molecule has 2 aromatic carbocycles. The molecule has 2 aromatic rings. The van der Waals surface area contributed by atoms with E-state index < -0.39 is 0 Å². The number of urea groups is 1. The van der Waals surface area contributed by atoms with E-state index in [9.17, 15) is 4.79 Å². The van der Waals surface area contributed by atoms with E-state index in [0.29, 0.717) is 0 Å². The van der Waals surface area contributed by atoms with Gasteiger partial charge in [-0.25, -0.2) is 4.79 Å². The molecule has 4 heteroatoms. The van der Waals surface area contributed by atoms with Crippen molar-refractivity contribution in [1.29, 1.82) is 0 Å². The third kappa shape index (κ3) is 3.71. The Hall–Kier alpha value is -2.33. The number of benzene rings is 2. The number of nitrogens with one attached hydrogen (secondary N) is 1. The first-order valence-electron chi connectivity index (χ1n) is 8.01. The van der Waals surface area contributed by atoms with Gasteiger partial charge in [-0.3, -0.25) is 0 Å². The summed E-state index contributed by atoms with van der Waals surface area (Å²) >= 11 is 0. The minimum atomic E-state index is -0.0317. The Labute approximate surface area is 137 Å².